The van der Waals surface area contributed by atoms with E-state index in [0.717, 1.165) is 41.4 Å². The second kappa shape index (κ2) is 5.53. The lowest BCUT2D eigenvalue weighted by Gasteiger charge is -2.14. The number of hydrogen-bond acceptors (Lipinski definition) is 4. The Kier molecular flexibility index (Phi) is 3.72. The third kappa shape index (κ3) is 2.95. The van der Waals surface area contributed by atoms with Gasteiger partial charge in [-0.1, -0.05) is 11.6 Å². The van der Waals surface area contributed by atoms with Crippen LogP contribution in [0.25, 0.3) is 0 Å². The maximum Gasteiger partial charge on any atom is 0.227 e. The molecule has 0 radical (unpaired) electrons. The highest BCUT2D eigenvalue weighted by Gasteiger charge is 2.28. The lowest BCUT2D eigenvalue weighted by atomic mass is 10.2. The van der Waals surface area contributed by atoms with Crippen molar-refractivity contribution in [3.63, 3.8) is 0 Å². The number of hydrogen-bond donors (Lipinski definition) is 1. The van der Waals surface area contributed by atoms with Gasteiger partial charge in [0.15, 0.2) is 0 Å². The topological polar surface area (TPSA) is 47.0 Å². The molecule has 1 fully saturated rings. The maximum absolute atomic E-state index is 6.01. The lowest BCUT2D eigenvalue weighted by molar-refractivity contribution is 0.451. The van der Waals surface area contributed by atoms with Gasteiger partial charge in [-0.2, -0.15) is 4.98 Å². The first-order chi connectivity index (χ1) is 10.1. The summed E-state index contributed by atoms with van der Waals surface area (Å²) >= 11 is 5.98. The van der Waals surface area contributed by atoms with Crippen LogP contribution in [0, 0.1) is 13.8 Å². The van der Waals surface area contributed by atoms with Crippen molar-refractivity contribution in [3.05, 3.63) is 40.2 Å². The van der Waals surface area contributed by atoms with Crippen LogP contribution in [-0.4, -0.2) is 17.0 Å². The summed E-state index contributed by atoms with van der Waals surface area (Å²) < 4.78 is 6.01. The SMILES string of the molecule is CNc1nc(C2CC2)nc(Oc2ccc(Cl)cc2C)c1C. The van der Waals surface area contributed by atoms with Crippen LogP contribution in [-0.2, 0) is 0 Å². The van der Waals surface area contributed by atoms with Crippen molar-refractivity contribution < 1.29 is 4.74 Å². The number of aryl methyl sites for hydroxylation is 1. The third-order valence-electron chi connectivity index (χ3n) is 3.64. The van der Waals surface area contributed by atoms with E-state index >= 15 is 0 Å². The fourth-order valence-corrected chi connectivity index (χ4v) is 2.44. The van der Waals surface area contributed by atoms with Crippen molar-refractivity contribution in [2.24, 2.45) is 0 Å². The van der Waals surface area contributed by atoms with Gasteiger partial charge in [0.05, 0.1) is 5.56 Å². The Morgan fingerprint density at radius 3 is 2.62 bits per heavy atom. The smallest absolute Gasteiger partial charge is 0.227 e. The molecule has 1 N–H and O–H groups in total. The van der Waals surface area contributed by atoms with Crippen molar-refractivity contribution in [3.8, 4) is 11.6 Å². The highest BCUT2D eigenvalue weighted by atomic mass is 35.5. The number of aromatic nitrogens is 2. The zero-order valence-electron chi connectivity index (χ0n) is 12.4. The summed E-state index contributed by atoms with van der Waals surface area (Å²) in [5.74, 6) is 3.55. The van der Waals surface area contributed by atoms with Crippen molar-refractivity contribution in [2.75, 3.05) is 12.4 Å². The minimum Gasteiger partial charge on any atom is -0.438 e. The number of halogens is 1. The van der Waals surface area contributed by atoms with E-state index in [0.29, 0.717) is 16.8 Å². The molecular weight excluding hydrogens is 286 g/mol. The van der Waals surface area contributed by atoms with Crippen molar-refractivity contribution in [2.45, 2.75) is 32.6 Å². The van der Waals surface area contributed by atoms with E-state index in [9.17, 15) is 0 Å². The second-order valence-corrected chi connectivity index (χ2v) is 5.83. The van der Waals surface area contributed by atoms with Gasteiger partial charge in [0, 0.05) is 18.0 Å². The molecule has 3 rings (SSSR count). The van der Waals surface area contributed by atoms with Gasteiger partial charge < -0.3 is 10.1 Å². The Morgan fingerprint density at radius 2 is 2.00 bits per heavy atom. The quantitative estimate of drug-likeness (QED) is 0.906. The first kappa shape index (κ1) is 14.1. The number of benzene rings is 1. The van der Waals surface area contributed by atoms with Crippen LogP contribution in [0.4, 0.5) is 5.82 Å². The summed E-state index contributed by atoms with van der Waals surface area (Å²) in [5.41, 5.74) is 1.90. The number of nitrogens with one attached hydrogen (secondary N) is 1. The van der Waals surface area contributed by atoms with Crippen LogP contribution in [0.5, 0.6) is 11.6 Å². The average molecular weight is 304 g/mol. The zero-order chi connectivity index (χ0) is 15.0. The van der Waals surface area contributed by atoms with E-state index < -0.39 is 0 Å². The second-order valence-electron chi connectivity index (χ2n) is 5.40. The maximum atomic E-state index is 6.01. The van der Waals surface area contributed by atoms with Gasteiger partial charge in [-0.15, -0.1) is 0 Å². The van der Waals surface area contributed by atoms with Crippen molar-refractivity contribution in [1.82, 2.24) is 9.97 Å². The van der Waals surface area contributed by atoms with Crippen LogP contribution < -0.4 is 10.1 Å². The van der Waals surface area contributed by atoms with Crippen molar-refractivity contribution >= 4 is 17.4 Å². The summed E-state index contributed by atoms with van der Waals surface area (Å²) in [6.45, 7) is 3.93. The molecule has 1 aromatic heterocycles. The zero-order valence-corrected chi connectivity index (χ0v) is 13.2. The van der Waals surface area contributed by atoms with Crippen LogP contribution in [0.3, 0.4) is 0 Å². The number of anilines is 1. The van der Waals surface area contributed by atoms with Gasteiger partial charge in [0.2, 0.25) is 5.88 Å². The van der Waals surface area contributed by atoms with Crippen LogP contribution in [0.15, 0.2) is 18.2 Å². The molecular formula is C16H18ClN3O. The first-order valence-corrected chi connectivity index (χ1v) is 7.46. The summed E-state index contributed by atoms with van der Waals surface area (Å²) in [7, 11) is 1.86. The molecule has 0 atom stereocenters. The van der Waals surface area contributed by atoms with Crippen LogP contribution >= 0.6 is 11.6 Å². The lowest BCUT2D eigenvalue weighted by Crippen LogP contribution is -2.05. The molecule has 1 heterocycles. The van der Waals surface area contributed by atoms with E-state index in [1.54, 1.807) is 0 Å². The molecule has 4 nitrogen and oxygen atoms in total. The molecule has 21 heavy (non-hydrogen) atoms. The molecule has 110 valence electrons. The van der Waals surface area contributed by atoms with E-state index in [1.165, 1.54) is 0 Å². The normalized spacial score (nSPS) is 14.1. The Morgan fingerprint density at radius 1 is 1.24 bits per heavy atom. The molecule has 1 saturated carbocycles. The van der Waals surface area contributed by atoms with Gasteiger partial charge in [-0.25, -0.2) is 4.98 Å². The Balaban J connectivity index is 1.98. The highest BCUT2D eigenvalue weighted by Crippen LogP contribution is 2.40. The third-order valence-corrected chi connectivity index (χ3v) is 3.88. The summed E-state index contributed by atoms with van der Waals surface area (Å²) in [4.78, 5) is 9.16. The minimum absolute atomic E-state index is 0.478. The number of rotatable bonds is 4. The predicted molar refractivity (Wildman–Crippen MR) is 84.6 cm³/mol. The molecule has 0 unspecified atom stereocenters. The molecule has 0 aliphatic heterocycles. The molecule has 0 saturated heterocycles. The van der Waals surface area contributed by atoms with Gasteiger partial charge in [-0.05, 0) is 50.5 Å². The van der Waals surface area contributed by atoms with Crippen LogP contribution in [0.2, 0.25) is 5.02 Å². The first-order valence-electron chi connectivity index (χ1n) is 7.08. The van der Waals surface area contributed by atoms with Gasteiger partial charge >= 0.3 is 0 Å². The van der Waals surface area contributed by atoms with Crippen LogP contribution in [0.1, 0.15) is 35.7 Å². The molecule has 1 aromatic carbocycles. The number of nitrogens with zero attached hydrogens (tertiary/aromatic N) is 2. The summed E-state index contributed by atoms with van der Waals surface area (Å²) in [6.07, 6.45) is 2.32. The molecule has 0 spiro atoms. The van der Waals surface area contributed by atoms with E-state index in [1.807, 2.05) is 39.1 Å². The molecule has 2 aromatic rings. The fraction of sp³-hybridized carbons (Fsp3) is 0.375. The molecule has 1 aliphatic carbocycles. The molecule has 0 amide bonds. The molecule has 0 bridgehead atoms. The average Bonchev–Trinajstić information content (AvgIpc) is 3.28. The van der Waals surface area contributed by atoms with Gasteiger partial charge in [0.1, 0.15) is 17.4 Å². The monoisotopic (exact) mass is 303 g/mol. The Labute approximate surface area is 129 Å². The summed E-state index contributed by atoms with van der Waals surface area (Å²) in [6, 6.07) is 5.57. The van der Waals surface area contributed by atoms with E-state index in [2.05, 4.69) is 15.3 Å². The molecule has 1 aliphatic rings. The van der Waals surface area contributed by atoms with Gasteiger partial charge in [-0.3, -0.25) is 0 Å². The minimum atomic E-state index is 0.478. The Hall–Kier alpha value is -1.81. The summed E-state index contributed by atoms with van der Waals surface area (Å²) in [5, 5.41) is 3.82. The standard InChI is InChI=1S/C16H18ClN3O/c1-9-8-12(17)6-7-13(9)21-16-10(2)14(18-3)19-15(20-16)11-4-5-11/h6-8,11H,4-5H2,1-3H3,(H,18,19,20). The predicted octanol–water partition coefficient (Wildman–Crippen LogP) is 4.46. The van der Waals surface area contributed by atoms with E-state index in [4.69, 9.17) is 16.3 Å². The van der Waals surface area contributed by atoms with E-state index in [-0.39, 0.29) is 0 Å². The molecule has 5 heteroatoms. The largest absolute Gasteiger partial charge is 0.438 e. The fourth-order valence-electron chi connectivity index (χ4n) is 2.21. The number of ether oxygens (including phenoxy) is 1. The van der Waals surface area contributed by atoms with Crippen molar-refractivity contribution in [1.29, 1.82) is 0 Å². The Bertz CT molecular complexity index is 683. The van der Waals surface area contributed by atoms with Gasteiger partial charge in [0.25, 0.3) is 0 Å². The highest BCUT2D eigenvalue weighted by molar-refractivity contribution is 6.30.